The van der Waals surface area contributed by atoms with Crippen molar-refractivity contribution in [2.75, 3.05) is 12.4 Å². The second-order valence-corrected chi connectivity index (χ2v) is 4.84. The molecule has 0 bridgehead atoms. The van der Waals surface area contributed by atoms with Crippen molar-refractivity contribution < 1.29 is 0 Å². The van der Waals surface area contributed by atoms with Gasteiger partial charge in [0, 0.05) is 17.8 Å². The maximum atomic E-state index is 4.17. The van der Waals surface area contributed by atoms with Gasteiger partial charge in [0.25, 0.3) is 0 Å². The molecule has 0 aromatic heterocycles. The van der Waals surface area contributed by atoms with Crippen molar-refractivity contribution in [1.29, 1.82) is 0 Å². The quantitative estimate of drug-likeness (QED) is 0.577. The van der Waals surface area contributed by atoms with Crippen LogP contribution in [-0.4, -0.2) is 12.4 Å². The fourth-order valence-electron chi connectivity index (χ4n) is 1.66. The van der Waals surface area contributed by atoms with Gasteiger partial charge in [-0.1, -0.05) is 45.0 Å². The molecule has 1 nitrogen and oxygen atoms in total. The second kappa shape index (κ2) is 5.57. The Bertz CT molecular complexity index is 290. The van der Waals surface area contributed by atoms with Gasteiger partial charge in [0.15, 0.2) is 0 Å². The highest BCUT2D eigenvalue weighted by Gasteiger charge is 2.19. The first kappa shape index (κ1) is 12.6. The fourth-order valence-corrected chi connectivity index (χ4v) is 1.77. The molecule has 0 spiro atoms. The number of nitrogens with one attached hydrogen (secondary N) is 1. The molecule has 0 aliphatic rings. The zero-order chi connectivity index (χ0) is 11.3. The van der Waals surface area contributed by atoms with Crippen LogP contribution in [0.25, 0.3) is 0 Å². The van der Waals surface area contributed by atoms with Crippen LogP contribution in [0.15, 0.2) is 24.3 Å². The van der Waals surface area contributed by atoms with Gasteiger partial charge in [-0.2, -0.15) is 12.6 Å². The molecule has 1 aromatic rings. The minimum atomic E-state index is 0.176. The SMILES string of the molecule is CCc1ccc(C(C)(C)CNCS)cc1. The number of hydrogen-bond acceptors (Lipinski definition) is 2. The van der Waals surface area contributed by atoms with E-state index in [9.17, 15) is 0 Å². The fraction of sp³-hybridized carbons (Fsp3) is 0.538. The highest BCUT2D eigenvalue weighted by Crippen LogP contribution is 2.22. The molecular formula is C13H21NS. The predicted molar refractivity (Wildman–Crippen MR) is 70.7 cm³/mol. The van der Waals surface area contributed by atoms with Gasteiger partial charge < -0.3 is 5.32 Å². The molecule has 1 rings (SSSR count). The molecule has 0 saturated carbocycles. The first-order chi connectivity index (χ1) is 7.10. The lowest BCUT2D eigenvalue weighted by Crippen LogP contribution is -2.32. The van der Waals surface area contributed by atoms with Crippen LogP contribution >= 0.6 is 12.6 Å². The zero-order valence-electron chi connectivity index (χ0n) is 9.88. The lowest BCUT2D eigenvalue weighted by Gasteiger charge is -2.25. The van der Waals surface area contributed by atoms with Crippen molar-refractivity contribution in [3.63, 3.8) is 0 Å². The van der Waals surface area contributed by atoms with Crippen LogP contribution in [0.4, 0.5) is 0 Å². The van der Waals surface area contributed by atoms with E-state index in [4.69, 9.17) is 0 Å². The van der Waals surface area contributed by atoms with E-state index in [1.807, 2.05) is 0 Å². The number of benzene rings is 1. The van der Waals surface area contributed by atoms with E-state index in [0.717, 1.165) is 18.8 Å². The summed E-state index contributed by atoms with van der Waals surface area (Å²) in [4.78, 5) is 0. The molecule has 0 fully saturated rings. The molecule has 15 heavy (non-hydrogen) atoms. The molecule has 0 aliphatic heterocycles. The average Bonchev–Trinajstić information content (AvgIpc) is 2.26. The summed E-state index contributed by atoms with van der Waals surface area (Å²) in [6, 6.07) is 8.91. The van der Waals surface area contributed by atoms with Crippen LogP contribution < -0.4 is 5.32 Å². The summed E-state index contributed by atoms with van der Waals surface area (Å²) >= 11 is 4.17. The van der Waals surface area contributed by atoms with Crippen LogP contribution in [0.1, 0.15) is 31.9 Å². The highest BCUT2D eigenvalue weighted by atomic mass is 32.1. The monoisotopic (exact) mass is 223 g/mol. The summed E-state index contributed by atoms with van der Waals surface area (Å²) in [5, 5.41) is 3.28. The molecule has 0 atom stereocenters. The third kappa shape index (κ3) is 3.54. The normalized spacial score (nSPS) is 11.7. The number of aryl methyl sites for hydroxylation is 1. The Balaban J connectivity index is 2.75. The maximum absolute atomic E-state index is 4.17. The number of rotatable bonds is 5. The number of hydrogen-bond donors (Lipinski definition) is 2. The van der Waals surface area contributed by atoms with Crippen molar-refractivity contribution in [1.82, 2.24) is 5.32 Å². The molecule has 0 amide bonds. The Labute approximate surface area is 98.7 Å². The Morgan fingerprint density at radius 3 is 2.27 bits per heavy atom. The molecule has 0 unspecified atom stereocenters. The van der Waals surface area contributed by atoms with E-state index in [2.05, 4.69) is 63.0 Å². The Kier molecular flexibility index (Phi) is 4.68. The summed E-state index contributed by atoms with van der Waals surface area (Å²) in [7, 11) is 0. The van der Waals surface area contributed by atoms with E-state index in [1.54, 1.807) is 0 Å². The molecule has 0 radical (unpaired) electrons. The Hall–Kier alpha value is -0.470. The third-order valence-corrected chi connectivity index (χ3v) is 3.05. The minimum Gasteiger partial charge on any atom is -0.307 e. The largest absolute Gasteiger partial charge is 0.307 e. The molecule has 2 heteroatoms. The van der Waals surface area contributed by atoms with Crippen molar-refractivity contribution >= 4 is 12.6 Å². The smallest absolute Gasteiger partial charge is 0.0387 e. The molecule has 84 valence electrons. The van der Waals surface area contributed by atoms with Gasteiger partial charge in [0.05, 0.1) is 0 Å². The topological polar surface area (TPSA) is 12.0 Å². The van der Waals surface area contributed by atoms with Crippen molar-refractivity contribution in [3.05, 3.63) is 35.4 Å². The molecular weight excluding hydrogens is 202 g/mol. The van der Waals surface area contributed by atoms with Crippen LogP contribution in [0.3, 0.4) is 0 Å². The zero-order valence-corrected chi connectivity index (χ0v) is 10.8. The van der Waals surface area contributed by atoms with Gasteiger partial charge in [-0.25, -0.2) is 0 Å². The average molecular weight is 223 g/mol. The molecule has 0 saturated heterocycles. The van der Waals surface area contributed by atoms with Crippen LogP contribution in [0.2, 0.25) is 0 Å². The summed E-state index contributed by atoms with van der Waals surface area (Å²) in [6.07, 6.45) is 1.11. The molecule has 1 N–H and O–H groups in total. The standard InChI is InChI=1S/C13H21NS/c1-4-11-5-7-12(8-6-11)13(2,3)9-14-10-15/h5-8,14-15H,4,9-10H2,1-3H3. The summed E-state index contributed by atoms with van der Waals surface area (Å²) in [6.45, 7) is 7.65. The molecule has 0 aliphatic carbocycles. The van der Waals surface area contributed by atoms with Crippen molar-refractivity contribution in [3.8, 4) is 0 Å². The molecule has 0 heterocycles. The molecule has 1 aromatic carbocycles. The van der Waals surface area contributed by atoms with Crippen molar-refractivity contribution in [2.24, 2.45) is 0 Å². The lowest BCUT2D eigenvalue weighted by molar-refractivity contribution is 0.490. The van der Waals surface area contributed by atoms with Crippen LogP contribution in [0.5, 0.6) is 0 Å². The van der Waals surface area contributed by atoms with Crippen LogP contribution in [0, 0.1) is 0 Å². The first-order valence-electron chi connectivity index (χ1n) is 5.51. The Morgan fingerprint density at radius 2 is 1.80 bits per heavy atom. The summed E-state index contributed by atoms with van der Waals surface area (Å²) < 4.78 is 0. The van der Waals surface area contributed by atoms with E-state index >= 15 is 0 Å². The number of thiol groups is 1. The van der Waals surface area contributed by atoms with E-state index < -0.39 is 0 Å². The van der Waals surface area contributed by atoms with E-state index in [1.165, 1.54) is 11.1 Å². The van der Waals surface area contributed by atoms with Gasteiger partial charge in [-0.15, -0.1) is 0 Å². The van der Waals surface area contributed by atoms with Gasteiger partial charge in [-0.05, 0) is 17.5 Å². The van der Waals surface area contributed by atoms with E-state index in [0.29, 0.717) is 0 Å². The second-order valence-electron chi connectivity index (χ2n) is 4.52. The highest BCUT2D eigenvalue weighted by molar-refractivity contribution is 7.80. The maximum Gasteiger partial charge on any atom is 0.0387 e. The van der Waals surface area contributed by atoms with Gasteiger partial charge in [0.2, 0.25) is 0 Å². The third-order valence-electron chi connectivity index (χ3n) is 2.82. The van der Waals surface area contributed by atoms with E-state index in [-0.39, 0.29) is 5.41 Å². The van der Waals surface area contributed by atoms with Crippen LogP contribution in [-0.2, 0) is 11.8 Å². The predicted octanol–water partition coefficient (Wildman–Crippen LogP) is 3.00. The van der Waals surface area contributed by atoms with Gasteiger partial charge in [0.1, 0.15) is 0 Å². The van der Waals surface area contributed by atoms with Gasteiger partial charge >= 0.3 is 0 Å². The first-order valence-corrected chi connectivity index (χ1v) is 6.14. The summed E-state index contributed by atoms with van der Waals surface area (Å²) in [5.74, 6) is 0.733. The minimum absolute atomic E-state index is 0.176. The summed E-state index contributed by atoms with van der Waals surface area (Å²) in [5.41, 5.74) is 2.96. The van der Waals surface area contributed by atoms with Gasteiger partial charge in [-0.3, -0.25) is 0 Å². The van der Waals surface area contributed by atoms with Crippen molar-refractivity contribution in [2.45, 2.75) is 32.6 Å². The Morgan fingerprint density at radius 1 is 1.20 bits per heavy atom. The lowest BCUT2D eigenvalue weighted by atomic mass is 9.84.